The highest BCUT2D eigenvalue weighted by Crippen LogP contribution is 2.44. The summed E-state index contributed by atoms with van der Waals surface area (Å²) in [6.07, 6.45) is 8.26. The molecule has 0 unspecified atom stereocenters. The van der Waals surface area contributed by atoms with Crippen LogP contribution in [-0.4, -0.2) is 57.3 Å². The zero-order chi connectivity index (χ0) is 19.1. The normalized spacial score (nSPS) is 25.1. The highest BCUT2D eigenvalue weighted by atomic mass is 32.1. The van der Waals surface area contributed by atoms with Gasteiger partial charge in [-0.2, -0.15) is 0 Å². The Morgan fingerprint density at radius 2 is 2.04 bits per heavy atom. The van der Waals surface area contributed by atoms with E-state index in [1.54, 1.807) is 30.8 Å². The van der Waals surface area contributed by atoms with Crippen molar-refractivity contribution in [2.75, 3.05) is 20.3 Å². The molecular weight excluding hydrogens is 372 g/mol. The predicted octanol–water partition coefficient (Wildman–Crippen LogP) is 3.46. The van der Waals surface area contributed by atoms with Crippen molar-refractivity contribution < 1.29 is 9.84 Å². The van der Waals surface area contributed by atoms with Crippen LogP contribution in [0.5, 0.6) is 6.01 Å². The maximum absolute atomic E-state index is 9.56. The van der Waals surface area contributed by atoms with Crippen LogP contribution < -0.4 is 4.74 Å². The van der Waals surface area contributed by atoms with Gasteiger partial charge < -0.3 is 9.84 Å². The summed E-state index contributed by atoms with van der Waals surface area (Å²) in [5.74, 6) is 0.551. The molecule has 3 heterocycles. The summed E-state index contributed by atoms with van der Waals surface area (Å²) in [4.78, 5) is 15.8. The lowest BCUT2D eigenvalue weighted by atomic mass is 9.79. The Balaban J connectivity index is 1.32. The SMILES string of the molecule is COc1ncc(-c2ccc3nc(C4CC(N5CCC[C@H]5CO)C4)sc3c2)cn1. The number of rotatable bonds is 5. The molecule has 1 saturated carbocycles. The second-order valence-corrected chi connectivity index (χ2v) is 8.79. The minimum atomic E-state index is 0.292. The maximum atomic E-state index is 9.56. The minimum absolute atomic E-state index is 0.292. The number of nitrogens with zero attached hydrogens (tertiary/aromatic N) is 4. The van der Waals surface area contributed by atoms with E-state index in [1.165, 1.54) is 16.1 Å². The first-order chi connectivity index (χ1) is 13.7. The van der Waals surface area contributed by atoms with Gasteiger partial charge in [0.1, 0.15) is 0 Å². The number of hydrogen-bond acceptors (Lipinski definition) is 7. The lowest BCUT2D eigenvalue weighted by Crippen LogP contribution is -2.47. The second-order valence-electron chi connectivity index (χ2n) is 7.73. The van der Waals surface area contributed by atoms with E-state index >= 15 is 0 Å². The Labute approximate surface area is 168 Å². The summed E-state index contributed by atoms with van der Waals surface area (Å²) in [5, 5.41) is 10.8. The molecule has 0 bridgehead atoms. The predicted molar refractivity (Wildman–Crippen MR) is 110 cm³/mol. The number of aliphatic hydroxyl groups excluding tert-OH is 1. The summed E-state index contributed by atoms with van der Waals surface area (Å²) in [7, 11) is 1.57. The molecule has 3 aromatic rings. The molecule has 146 valence electrons. The molecule has 1 atom stereocenters. The van der Waals surface area contributed by atoms with Crippen molar-refractivity contribution in [2.24, 2.45) is 0 Å². The molecule has 1 N–H and O–H groups in total. The average Bonchev–Trinajstić information content (AvgIpc) is 3.33. The van der Waals surface area contributed by atoms with E-state index in [0.29, 0.717) is 30.6 Å². The summed E-state index contributed by atoms with van der Waals surface area (Å²) < 4.78 is 6.24. The third-order valence-electron chi connectivity index (χ3n) is 6.11. The molecule has 0 amide bonds. The second kappa shape index (κ2) is 7.39. The van der Waals surface area contributed by atoms with Gasteiger partial charge >= 0.3 is 6.01 Å². The van der Waals surface area contributed by atoms with Gasteiger partial charge in [0.2, 0.25) is 0 Å². The lowest BCUT2D eigenvalue weighted by Gasteiger charge is -2.42. The number of thiazole rings is 1. The van der Waals surface area contributed by atoms with Gasteiger partial charge in [0.15, 0.2) is 0 Å². The molecule has 6 nitrogen and oxygen atoms in total. The fourth-order valence-electron chi connectivity index (χ4n) is 4.46. The summed E-state index contributed by atoms with van der Waals surface area (Å²) >= 11 is 1.80. The topological polar surface area (TPSA) is 71.4 Å². The lowest BCUT2D eigenvalue weighted by molar-refractivity contribution is 0.0662. The van der Waals surface area contributed by atoms with Crippen LogP contribution >= 0.6 is 11.3 Å². The number of fused-ring (bicyclic) bond motifs is 1. The Bertz CT molecular complexity index is 968. The zero-order valence-corrected chi connectivity index (χ0v) is 16.7. The molecule has 1 aliphatic heterocycles. The average molecular weight is 397 g/mol. The van der Waals surface area contributed by atoms with Gasteiger partial charge in [0.25, 0.3) is 0 Å². The van der Waals surface area contributed by atoms with E-state index in [-0.39, 0.29) is 0 Å². The first-order valence-corrected chi connectivity index (χ1v) is 10.7. The van der Waals surface area contributed by atoms with Crippen LogP contribution in [0.1, 0.15) is 36.6 Å². The molecule has 1 aliphatic carbocycles. The van der Waals surface area contributed by atoms with Crippen molar-refractivity contribution in [3.05, 3.63) is 35.6 Å². The maximum Gasteiger partial charge on any atom is 0.316 e. The van der Waals surface area contributed by atoms with Gasteiger partial charge in [-0.3, -0.25) is 4.90 Å². The minimum Gasteiger partial charge on any atom is -0.467 e. The van der Waals surface area contributed by atoms with Gasteiger partial charge in [-0.15, -0.1) is 11.3 Å². The third kappa shape index (κ3) is 3.17. The van der Waals surface area contributed by atoms with Crippen LogP contribution in [0.3, 0.4) is 0 Å². The van der Waals surface area contributed by atoms with E-state index < -0.39 is 0 Å². The first-order valence-electron chi connectivity index (χ1n) is 9.88. The number of aromatic nitrogens is 3. The van der Waals surface area contributed by atoms with Gasteiger partial charge in [0, 0.05) is 36.0 Å². The Morgan fingerprint density at radius 1 is 1.21 bits per heavy atom. The smallest absolute Gasteiger partial charge is 0.316 e. The van der Waals surface area contributed by atoms with Gasteiger partial charge in [-0.05, 0) is 49.9 Å². The van der Waals surface area contributed by atoms with E-state index in [9.17, 15) is 5.11 Å². The van der Waals surface area contributed by atoms with Crippen molar-refractivity contribution in [3.63, 3.8) is 0 Å². The largest absolute Gasteiger partial charge is 0.467 e. The fourth-order valence-corrected chi connectivity index (χ4v) is 5.59. The summed E-state index contributed by atoms with van der Waals surface area (Å²) in [6.45, 7) is 1.43. The molecule has 28 heavy (non-hydrogen) atoms. The number of aliphatic hydroxyl groups is 1. The van der Waals surface area contributed by atoms with Gasteiger partial charge in [0.05, 0.1) is 28.9 Å². The van der Waals surface area contributed by atoms with Crippen molar-refractivity contribution >= 4 is 21.6 Å². The molecule has 1 saturated heterocycles. The summed E-state index contributed by atoms with van der Waals surface area (Å²) in [6, 6.07) is 7.72. The van der Waals surface area contributed by atoms with Crippen molar-refractivity contribution in [1.29, 1.82) is 0 Å². The van der Waals surface area contributed by atoms with Crippen LogP contribution in [-0.2, 0) is 0 Å². The van der Waals surface area contributed by atoms with Crippen LogP contribution in [0.4, 0.5) is 0 Å². The molecule has 0 radical (unpaired) electrons. The van der Waals surface area contributed by atoms with E-state index in [4.69, 9.17) is 9.72 Å². The first kappa shape index (κ1) is 18.0. The van der Waals surface area contributed by atoms with E-state index in [1.807, 2.05) is 0 Å². The quantitative estimate of drug-likeness (QED) is 0.712. The molecule has 2 aromatic heterocycles. The van der Waals surface area contributed by atoms with Gasteiger partial charge in [-0.1, -0.05) is 6.07 Å². The number of methoxy groups -OCH3 is 1. The Hall–Kier alpha value is -2.09. The van der Waals surface area contributed by atoms with Crippen LogP contribution in [0, 0.1) is 0 Å². The molecule has 7 heteroatoms. The van der Waals surface area contributed by atoms with Crippen LogP contribution in [0.2, 0.25) is 0 Å². The standard InChI is InChI=1S/C21H24N4O2S/c1-27-21-22-10-15(11-23-21)13-4-5-18-19(9-13)28-20(24-18)14-7-17(8-14)25-6-2-3-16(25)12-26/h4-5,9-11,14,16-17,26H,2-3,6-8,12H2,1H3/t14?,16-,17?/m0/s1. The summed E-state index contributed by atoms with van der Waals surface area (Å²) in [5.41, 5.74) is 3.14. The zero-order valence-electron chi connectivity index (χ0n) is 15.9. The molecule has 1 aromatic carbocycles. The van der Waals surface area contributed by atoms with E-state index in [0.717, 1.165) is 42.5 Å². The van der Waals surface area contributed by atoms with E-state index in [2.05, 4.69) is 33.1 Å². The van der Waals surface area contributed by atoms with Crippen molar-refractivity contribution in [1.82, 2.24) is 19.9 Å². The number of hydrogen-bond donors (Lipinski definition) is 1. The van der Waals surface area contributed by atoms with Crippen LogP contribution in [0.15, 0.2) is 30.6 Å². The molecule has 2 fully saturated rings. The highest BCUT2D eigenvalue weighted by Gasteiger charge is 2.40. The highest BCUT2D eigenvalue weighted by molar-refractivity contribution is 7.18. The number of ether oxygens (including phenoxy) is 1. The molecular formula is C21H24N4O2S. The number of benzene rings is 1. The van der Waals surface area contributed by atoms with Crippen LogP contribution in [0.25, 0.3) is 21.3 Å². The third-order valence-corrected chi connectivity index (χ3v) is 7.29. The molecule has 2 aliphatic rings. The monoisotopic (exact) mass is 396 g/mol. The van der Waals surface area contributed by atoms with Crippen molar-refractivity contribution in [2.45, 2.75) is 43.7 Å². The number of likely N-dealkylation sites (tertiary alicyclic amines) is 1. The molecule has 5 rings (SSSR count). The molecule has 0 spiro atoms. The Kier molecular flexibility index (Phi) is 4.74. The van der Waals surface area contributed by atoms with Crippen molar-refractivity contribution in [3.8, 4) is 17.1 Å². The Morgan fingerprint density at radius 3 is 2.79 bits per heavy atom. The van der Waals surface area contributed by atoms with Gasteiger partial charge in [-0.25, -0.2) is 15.0 Å². The fraction of sp³-hybridized carbons (Fsp3) is 0.476.